The van der Waals surface area contributed by atoms with Gasteiger partial charge in [0.15, 0.2) is 5.84 Å². The number of nitrogens with one attached hydrogen (secondary N) is 2. The first-order valence-electron chi connectivity index (χ1n) is 11.5. The number of pyridine rings is 2. The molecular weight excluding hydrogens is 550 g/mol. The number of aromatic nitrogens is 2. The van der Waals surface area contributed by atoms with Crippen LogP contribution in [0.25, 0.3) is 11.0 Å². The Hall–Kier alpha value is -3.75. The molecule has 1 aliphatic rings. The predicted octanol–water partition coefficient (Wildman–Crippen LogP) is 3.57. The van der Waals surface area contributed by atoms with Crippen LogP contribution in [0.5, 0.6) is 5.75 Å². The molecule has 0 amide bonds. The number of nitrogens with zero attached hydrogens (tertiary/aromatic N) is 3. The lowest BCUT2D eigenvalue weighted by atomic mass is 10.1. The Morgan fingerprint density at radius 3 is 2.68 bits per heavy atom. The summed E-state index contributed by atoms with van der Waals surface area (Å²) >= 11 is 1.02. The fraction of sp³-hybridized carbons (Fsp3) is 0.208. The molecule has 0 aliphatic carbocycles. The zero-order valence-corrected chi connectivity index (χ0v) is 22.7. The summed E-state index contributed by atoms with van der Waals surface area (Å²) in [6.07, 6.45) is 2.16. The molecule has 0 fully saturated rings. The second-order valence-electron chi connectivity index (χ2n) is 9.03. The number of hydrogen-bond acceptors (Lipinski definition) is 9. The monoisotopic (exact) mass is 573 g/mol. The van der Waals surface area contributed by atoms with Crippen molar-refractivity contribution in [3.8, 4) is 5.75 Å². The minimum atomic E-state index is -4.38. The maximum Gasteiger partial charge on any atom is 0.286 e. The number of benzene rings is 1. The van der Waals surface area contributed by atoms with Crippen molar-refractivity contribution in [2.75, 3.05) is 10.0 Å². The molecule has 5 rings (SSSR count). The van der Waals surface area contributed by atoms with Crippen LogP contribution in [0.3, 0.4) is 0 Å². The molecule has 14 heteroatoms. The molecule has 4 aromatic rings. The first kappa shape index (κ1) is 25.9. The molecule has 198 valence electrons. The minimum Gasteiger partial charge on any atom is -0.506 e. The van der Waals surface area contributed by atoms with Crippen molar-refractivity contribution in [3.05, 3.63) is 70.0 Å². The Morgan fingerprint density at radius 2 is 1.97 bits per heavy atom. The SMILES string of the molecule is CC(C)CCn1c(=O)c(C2=NS(=O)(=O)c3cc(NS(=O)(=O)c4cccs4)ccc3N2)c(O)c2cccnc21. The molecule has 0 bridgehead atoms. The summed E-state index contributed by atoms with van der Waals surface area (Å²) in [5.74, 6) is -0.498. The standard InChI is InChI=1S/C24H23N5O6S3/c1-14(2)9-11-29-23-16(5-3-10-25-23)21(30)20(24(29)31)22-26-17-8-7-15(13-18(17)37(32,33)28-22)27-38(34,35)19-6-4-12-36-19/h3-8,10,12-14,27,30H,9,11H2,1-2H3,(H,26,28). The van der Waals surface area contributed by atoms with E-state index in [1.807, 2.05) is 13.8 Å². The van der Waals surface area contributed by atoms with Gasteiger partial charge in [-0.2, -0.15) is 8.42 Å². The van der Waals surface area contributed by atoms with E-state index < -0.39 is 31.4 Å². The van der Waals surface area contributed by atoms with Gasteiger partial charge in [-0.25, -0.2) is 13.4 Å². The zero-order valence-electron chi connectivity index (χ0n) is 20.2. The van der Waals surface area contributed by atoms with Crippen LogP contribution in [0.15, 0.2) is 72.3 Å². The quantitative estimate of drug-likeness (QED) is 0.302. The molecular formula is C24H23N5O6S3. The van der Waals surface area contributed by atoms with Crippen LogP contribution < -0.4 is 15.6 Å². The van der Waals surface area contributed by atoms with E-state index in [1.165, 1.54) is 29.0 Å². The van der Waals surface area contributed by atoms with E-state index in [0.29, 0.717) is 13.0 Å². The Bertz CT molecular complexity index is 1860. The number of sulfonamides is 2. The van der Waals surface area contributed by atoms with Gasteiger partial charge < -0.3 is 10.4 Å². The first-order valence-corrected chi connectivity index (χ1v) is 15.3. The average Bonchev–Trinajstić information content (AvgIpc) is 3.40. The van der Waals surface area contributed by atoms with Crippen molar-refractivity contribution < 1.29 is 21.9 Å². The lowest BCUT2D eigenvalue weighted by Crippen LogP contribution is -2.33. The van der Waals surface area contributed by atoms with E-state index in [4.69, 9.17) is 0 Å². The van der Waals surface area contributed by atoms with Gasteiger partial charge in [0, 0.05) is 12.7 Å². The molecule has 0 saturated carbocycles. The Morgan fingerprint density at radius 1 is 1.18 bits per heavy atom. The number of amidine groups is 1. The van der Waals surface area contributed by atoms with E-state index in [-0.39, 0.29) is 48.8 Å². The van der Waals surface area contributed by atoms with Gasteiger partial charge in [0.1, 0.15) is 26.1 Å². The number of anilines is 2. The van der Waals surface area contributed by atoms with Crippen LogP contribution in [0.2, 0.25) is 0 Å². The summed E-state index contributed by atoms with van der Waals surface area (Å²) in [4.78, 5) is 17.5. The average molecular weight is 574 g/mol. The highest BCUT2D eigenvalue weighted by Crippen LogP contribution is 2.34. The molecule has 0 atom stereocenters. The maximum absolute atomic E-state index is 13.5. The van der Waals surface area contributed by atoms with E-state index in [2.05, 4.69) is 19.4 Å². The summed E-state index contributed by atoms with van der Waals surface area (Å²) < 4.78 is 59.1. The van der Waals surface area contributed by atoms with Crippen LogP contribution in [0.4, 0.5) is 11.4 Å². The van der Waals surface area contributed by atoms with Gasteiger partial charge in [-0.1, -0.05) is 19.9 Å². The van der Waals surface area contributed by atoms with E-state index >= 15 is 0 Å². The molecule has 0 spiro atoms. The Balaban J connectivity index is 1.59. The van der Waals surface area contributed by atoms with E-state index in [0.717, 1.165) is 17.4 Å². The second-order valence-corrected chi connectivity index (χ2v) is 13.5. The Kier molecular flexibility index (Phi) is 6.49. The van der Waals surface area contributed by atoms with Crippen molar-refractivity contribution in [1.82, 2.24) is 9.55 Å². The van der Waals surface area contributed by atoms with Crippen molar-refractivity contribution in [2.45, 2.75) is 35.9 Å². The largest absolute Gasteiger partial charge is 0.506 e. The summed E-state index contributed by atoms with van der Waals surface area (Å²) in [6, 6.07) is 10.1. The number of aromatic hydroxyl groups is 1. The van der Waals surface area contributed by atoms with Crippen LogP contribution >= 0.6 is 11.3 Å². The molecule has 11 nitrogen and oxygen atoms in total. The van der Waals surface area contributed by atoms with Gasteiger partial charge in [-0.3, -0.25) is 14.1 Å². The highest BCUT2D eigenvalue weighted by molar-refractivity contribution is 7.94. The minimum absolute atomic E-state index is 0.0249. The van der Waals surface area contributed by atoms with Crippen molar-refractivity contribution in [1.29, 1.82) is 0 Å². The van der Waals surface area contributed by atoms with E-state index in [1.54, 1.807) is 23.6 Å². The predicted molar refractivity (Wildman–Crippen MR) is 146 cm³/mol. The fourth-order valence-corrected chi connectivity index (χ4v) is 7.22. The number of thiophene rings is 1. The lowest BCUT2D eigenvalue weighted by Gasteiger charge is -2.21. The van der Waals surface area contributed by atoms with Crippen LogP contribution in [0.1, 0.15) is 25.8 Å². The molecule has 0 saturated heterocycles. The van der Waals surface area contributed by atoms with Gasteiger partial charge in [0.2, 0.25) is 0 Å². The molecule has 4 heterocycles. The molecule has 3 N–H and O–H groups in total. The number of rotatable bonds is 7. The van der Waals surface area contributed by atoms with Crippen LogP contribution in [-0.2, 0) is 26.6 Å². The van der Waals surface area contributed by atoms with Gasteiger partial charge >= 0.3 is 0 Å². The van der Waals surface area contributed by atoms with Crippen LogP contribution in [-0.4, -0.2) is 37.3 Å². The van der Waals surface area contributed by atoms with Crippen molar-refractivity contribution in [2.24, 2.45) is 10.3 Å². The zero-order chi connectivity index (χ0) is 27.2. The molecule has 1 aliphatic heterocycles. The number of hydrogen-bond donors (Lipinski definition) is 3. The summed E-state index contributed by atoms with van der Waals surface area (Å²) in [5, 5.41) is 15.7. The van der Waals surface area contributed by atoms with Gasteiger partial charge in [-0.15, -0.1) is 15.7 Å². The highest BCUT2D eigenvalue weighted by atomic mass is 32.2. The summed E-state index contributed by atoms with van der Waals surface area (Å²) in [6.45, 7) is 4.32. The van der Waals surface area contributed by atoms with Gasteiger partial charge in [0.25, 0.3) is 25.6 Å². The van der Waals surface area contributed by atoms with Crippen LogP contribution in [0, 0.1) is 5.92 Å². The molecule has 0 radical (unpaired) electrons. The third kappa shape index (κ3) is 4.66. The third-order valence-corrected chi connectivity index (χ3v) is 9.99. The van der Waals surface area contributed by atoms with Gasteiger partial charge in [0.05, 0.1) is 16.8 Å². The molecule has 3 aromatic heterocycles. The number of aryl methyl sites for hydroxylation is 1. The smallest absolute Gasteiger partial charge is 0.286 e. The topological polar surface area (TPSA) is 160 Å². The highest BCUT2D eigenvalue weighted by Gasteiger charge is 2.31. The molecule has 1 aromatic carbocycles. The molecule has 0 unspecified atom stereocenters. The Labute approximate surface area is 222 Å². The summed E-state index contributed by atoms with van der Waals surface area (Å²) in [7, 11) is -8.28. The molecule has 38 heavy (non-hydrogen) atoms. The maximum atomic E-state index is 13.5. The second kappa shape index (κ2) is 9.53. The fourth-order valence-electron chi connectivity index (χ4n) is 4.02. The third-order valence-electron chi connectivity index (χ3n) is 5.90. The van der Waals surface area contributed by atoms with Crippen molar-refractivity contribution >= 4 is 59.6 Å². The lowest BCUT2D eigenvalue weighted by molar-refractivity contribution is 0.473. The first-order chi connectivity index (χ1) is 18.0. The summed E-state index contributed by atoms with van der Waals surface area (Å²) in [5.41, 5.74) is -0.558. The van der Waals surface area contributed by atoms with Gasteiger partial charge in [-0.05, 0) is 54.1 Å². The normalized spacial score (nSPS) is 14.7. The number of fused-ring (bicyclic) bond motifs is 2. The van der Waals surface area contributed by atoms with Crippen molar-refractivity contribution in [3.63, 3.8) is 0 Å². The van der Waals surface area contributed by atoms with E-state index in [9.17, 15) is 26.7 Å².